The van der Waals surface area contributed by atoms with Crippen LogP contribution in [-0.2, 0) is 11.2 Å². The molecule has 2 aliphatic heterocycles. The second-order valence-corrected chi connectivity index (χ2v) is 10.2. The molecule has 1 aromatic heterocycles. The van der Waals surface area contributed by atoms with Crippen LogP contribution in [0.25, 0.3) is 0 Å². The number of hydrogen-bond donors (Lipinski definition) is 2. The number of carbonyl (C=O) groups excluding carboxylic acids is 1. The summed E-state index contributed by atoms with van der Waals surface area (Å²) in [5, 5.41) is 12.5. The highest BCUT2D eigenvalue weighted by atomic mass is 16.2. The number of nitriles is 1. The second kappa shape index (κ2) is 9.98. The summed E-state index contributed by atoms with van der Waals surface area (Å²) in [6, 6.07) is 20.4. The molecule has 1 amide bonds. The molecule has 0 saturated carbocycles. The van der Waals surface area contributed by atoms with Crippen LogP contribution in [0.15, 0.2) is 59.4 Å². The Morgan fingerprint density at radius 2 is 1.75 bits per heavy atom. The van der Waals surface area contributed by atoms with Gasteiger partial charge in [-0.1, -0.05) is 68.4 Å². The maximum absolute atomic E-state index is 13.4. The Morgan fingerprint density at radius 3 is 2.39 bits per heavy atom. The molecule has 7 nitrogen and oxygen atoms in total. The van der Waals surface area contributed by atoms with E-state index in [1.54, 1.807) is 0 Å². The fraction of sp³-hybridized carbons (Fsp3) is 0.379. The quantitative estimate of drug-likeness (QED) is 0.556. The summed E-state index contributed by atoms with van der Waals surface area (Å²) in [5.74, 6) is -0.407. The van der Waals surface area contributed by atoms with Gasteiger partial charge in [-0.2, -0.15) is 10.2 Å². The summed E-state index contributed by atoms with van der Waals surface area (Å²) in [4.78, 5) is 36.0. The lowest BCUT2D eigenvalue weighted by atomic mass is 9.79. The lowest BCUT2D eigenvalue weighted by molar-refractivity contribution is -0.119. The van der Waals surface area contributed by atoms with E-state index >= 15 is 0 Å². The van der Waals surface area contributed by atoms with E-state index in [1.807, 2.05) is 30.3 Å². The number of hydrogen-bond acceptors (Lipinski definition) is 5. The van der Waals surface area contributed by atoms with Crippen molar-refractivity contribution in [1.29, 1.82) is 5.26 Å². The monoisotopic (exact) mass is 481 g/mol. The Balaban J connectivity index is 1.40. The molecule has 0 bridgehead atoms. The van der Waals surface area contributed by atoms with Crippen LogP contribution in [-0.4, -0.2) is 29.0 Å². The summed E-state index contributed by atoms with van der Waals surface area (Å²) in [6.07, 6.45) is 3.05. The fourth-order valence-corrected chi connectivity index (χ4v) is 5.39. The fourth-order valence-electron chi connectivity index (χ4n) is 5.39. The van der Waals surface area contributed by atoms with Crippen molar-refractivity contribution in [2.75, 3.05) is 23.3 Å². The minimum absolute atomic E-state index is 0.259. The van der Waals surface area contributed by atoms with Gasteiger partial charge in [0.2, 0.25) is 11.9 Å². The van der Waals surface area contributed by atoms with Crippen molar-refractivity contribution >= 4 is 17.7 Å². The molecule has 2 N–H and O–H groups in total. The van der Waals surface area contributed by atoms with Crippen molar-refractivity contribution in [3.8, 4) is 6.07 Å². The summed E-state index contributed by atoms with van der Waals surface area (Å²) >= 11 is 0. The number of carbonyl (C=O) groups is 1. The van der Waals surface area contributed by atoms with Crippen molar-refractivity contribution in [3.63, 3.8) is 0 Å². The Kier molecular flexibility index (Phi) is 6.60. The molecular formula is C29H31N5O2. The Bertz CT molecular complexity index is 1330. The Labute approximate surface area is 211 Å². The van der Waals surface area contributed by atoms with E-state index in [2.05, 4.69) is 64.4 Å². The van der Waals surface area contributed by atoms with E-state index in [4.69, 9.17) is 0 Å². The maximum atomic E-state index is 13.4. The van der Waals surface area contributed by atoms with Gasteiger partial charge >= 0.3 is 0 Å². The Hall–Kier alpha value is -3.92. The molecule has 0 aliphatic carbocycles. The second-order valence-electron chi connectivity index (χ2n) is 10.2. The number of anilines is 2. The van der Waals surface area contributed by atoms with E-state index in [0.29, 0.717) is 23.3 Å². The van der Waals surface area contributed by atoms with Crippen LogP contribution in [0.2, 0.25) is 0 Å². The van der Waals surface area contributed by atoms with Gasteiger partial charge in [-0.25, -0.2) is 0 Å². The molecule has 3 heterocycles. The number of fused-ring (bicyclic) bond motifs is 1. The topological polar surface area (TPSA) is 102 Å². The third kappa shape index (κ3) is 4.64. The van der Waals surface area contributed by atoms with Crippen molar-refractivity contribution < 1.29 is 4.79 Å². The third-order valence-electron chi connectivity index (χ3n) is 7.49. The SMILES string of the molecule is CC(C)c1ccc(C2c3c(nc(N4CCC(Cc5ccccc5)CC4)[nH]c3=O)NC(=O)C2C#N)cc1. The lowest BCUT2D eigenvalue weighted by Gasteiger charge is -2.34. The van der Waals surface area contributed by atoms with Crippen LogP contribution in [0, 0.1) is 23.2 Å². The molecule has 7 heteroatoms. The summed E-state index contributed by atoms with van der Waals surface area (Å²) < 4.78 is 0. The van der Waals surface area contributed by atoms with Gasteiger partial charge in [0.15, 0.2) is 0 Å². The molecule has 2 aliphatic rings. The zero-order valence-electron chi connectivity index (χ0n) is 20.7. The minimum Gasteiger partial charge on any atom is -0.342 e. The highest BCUT2D eigenvalue weighted by Crippen LogP contribution is 2.38. The molecule has 2 aromatic carbocycles. The molecule has 3 aromatic rings. The van der Waals surface area contributed by atoms with Crippen molar-refractivity contribution in [1.82, 2.24) is 9.97 Å². The van der Waals surface area contributed by atoms with Gasteiger partial charge in [0.25, 0.3) is 5.56 Å². The van der Waals surface area contributed by atoms with Crippen molar-refractivity contribution in [3.05, 3.63) is 87.2 Å². The molecule has 184 valence electrons. The third-order valence-corrected chi connectivity index (χ3v) is 7.49. The van der Waals surface area contributed by atoms with Crippen LogP contribution < -0.4 is 15.8 Å². The number of aromatic nitrogens is 2. The number of aromatic amines is 1. The van der Waals surface area contributed by atoms with Crippen LogP contribution in [0.5, 0.6) is 0 Å². The molecule has 2 atom stereocenters. The van der Waals surface area contributed by atoms with Crippen LogP contribution in [0.1, 0.15) is 60.8 Å². The maximum Gasteiger partial charge on any atom is 0.258 e. The van der Waals surface area contributed by atoms with Crippen molar-refractivity contribution in [2.45, 2.75) is 44.9 Å². The highest BCUT2D eigenvalue weighted by Gasteiger charge is 2.40. The molecule has 1 fully saturated rings. The molecule has 2 unspecified atom stereocenters. The molecule has 36 heavy (non-hydrogen) atoms. The number of amides is 1. The molecular weight excluding hydrogens is 450 g/mol. The first-order valence-electron chi connectivity index (χ1n) is 12.7. The lowest BCUT2D eigenvalue weighted by Crippen LogP contribution is -2.41. The van der Waals surface area contributed by atoms with Gasteiger partial charge in [0.05, 0.1) is 11.6 Å². The standard InChI is InChI=1S/C29H31N5O2/c1-18(2)21-8-10-22(11-9-21)24-23(17-30)27(35)31-26-25(24)28(36)33-29(32-26)34-14-12-20(13-15-34)16-19-6-4-3-5-7-19/h3-11,18,20,23-24H,12-16H2,1-2H3,(H2,31,32,33,35,36). The van der Waals surface area contributed by atoms with E-state index in [1.165, 1.54) is 5.56 Å². The number of H-pyrrole nitrogens is 1. The van der Waals surface area contributed by atoms with Crippen LogP contribution in [0.4, 0.5) is 11.8 Å². The Morgan fingerprint density at radius 1 is 1.06 bits per heavy atom. The number of benzene rings is 2. The van der Waals surface area contributed by atoms with Crippen LogP contribution >= 0.6 is 0 Å². The predicted octanol–water partition coefficient (Wildman–Crippen LogP) is 4.58. The first-order chi connectivity index (χ1) is 17.4. The van der Waals surface area contributed by atoms with Gasteiger partial charge in [0, 0.05) is 19.0 Å². The summed E-state index contributed by atoms with van der Waals surface area (Å²) in [5.41, 5.74) is 3.31. The smallest absolute Gasteiger partial charge is 0.258 e. The molecule has 0 radical (unpaired) electrons. The zero-order valence-corrected chi connectivity index (χ0v) is 20.7. The van der Waals surface area contributed by atoms with Gasteiger partial charge in [-0.3, -0.25) is 14.6 Å². The first kappa shape index (κ1) is 23.8. The van der Waals surface area contributed by atoms with E-state index in [9.17, 15) is 14.9 Å². The average molecular weight is 482 g/mol. The normalized spacial score (nSPS) is 20.1. The van der Waals surface area contributed by atoms with E-state index in [0.717, 1.165) is 43.5 Å². The van der Waals surface area contributed by atoms with Crippen molar-refractivity contribution in [2.24, 2.45) is 11.8 Å². The molecule has 0 spiro atoms. The van der Waals surface area contributed by atoms with E-state index in [-0.39, 0.29) is 11.4 Å². The van der Waals surface area contributed by atoms with Gasteiger partial charge in [-0.15, -0.1) is 0 Å². The van der Waals surface area contributed by atoms with Gasteiger partial charge in [0.1, 0.15) is 11.7 Å². The number of rotatable bonds is 5. The molecule has 1 saturated heterocycles. The molecule has 5 rings (SSSR count). The zero-order chi connectivity index (χ0) is 25.2. The predicted molar refractivity (Wildman–Crippen MR) is 140 cm³/mol. The largest absolute Gasteiger partial charge is 0.342 e. The number of nitrogens with zero attached hydrogens (tertiary/aromatic N) is 3. The first-order valence-corrected chi connectivity index (χ1v) is 12.7. The highest BCUT2D eigenvalue weighted by molar-refractivity contribution is 5.98. The number of nitrogens with one attached hydrogen (secondary N) is 2. The average Bonchev–Trinajstić information content (AvgIpc) is 2.89. The van der Waals surface area contributed by atoms with Gasteiger partial charge in [-0.05, 0) is 47.8 Å². The minimum atomic E-state index is -0.995. The summed E-state index contributed by atoms with van der Waals surface area (Å²) in [6.45, 7) is 5.79. The van der Waals surface area contributed by atoms with Gasteiger partial charge < -0.3 is 10.2 Å². The van der Waals surface area contributed by atoms with Crippen LogP contribution in [0.3, 0.4) is 0 Å². The summed E-state index contributed by atoms with van der Waals surface area (Å²) in [7, 11) is 0. The number of piperidine rings is 1. The van der Waals surface area contributed by atoms with E-state index < -0.39 is 17.7 Å².